The number of likely N-dealkylation sites (tertiary alicyclic amines) is 1. The highest BCUT2D eigenvalue weighted by molar-refractivity contribution is 6.17. The van der Waals surface area contributed by atoms with Crippen LogP contribution in [0.2, 0.25) is 0 Å². The molecule has 4 nitrogen and oxygen atoms in total. The standard InChI is InChI=1S/C15H27ClN2O2/c1-3-12(4-2)15(20)17-13-7-10-18(11-8-13)14(19)6-5-9-16/h12-13H,3-11H2,1-2H3,(H,17,20). The Hall–Kier alpha value is -0.770. The van der Waals surface area contributed by atoms with E-state index in [1.807, 2.05) is 18.7 Å². The summed E-state index contributed by atoms with van der Waals surface area (Å²) in [5.41, 5.74) is 0. The molecule has 5 heteroatoms. The van der Waals surface area contributed by atoms with Gasteiger partial charge < -0.3 is 10.2 Å². The minimum Gasteiger partial charge on any atom is -0.353 e. The van der Waals surface area contributed by atoms with Crippen LogP contribution in [0.5, 0.6) is 0 Å². The Balaban J connectivity index is 2.31. The summed E-state index contributed by atoms with van der Waals surface area (Å²) in [6.45, 7) is 5.59. The first kappa shape index (κ1) is 17.3. The maximum absolute atomic E-state index is 12.0. The van der Waals surface area contributed by atoms with Gasteiger partial charge in [0.2, 0.25) is 11.8 Å². The van der Waals surface area contributed by atoms with E-state index in [2.05, 4.69) is 5.32 Å². The molecule has 0 aromatic carbocycles. The molecule has 0 aromatic rings. The van der Waals surface area contributed by atoms with Gasteiger partial charge in [0.1, 0.15) is 0 Å². The average molecular weight is 303 g/mol. The molecular formula is C15H27ClN2O2. The molecule has 1 aliphatic rings. The molecule has 0 spiro atoms. The summed E-state index contributed by atoms with van der Waals surface area (Å²) in [5.74, 6) is 1.02. The summed E-state index contributed by atoms with van der Waals surface area (Å²) in [7, 11) is 0. The quantitative estimate of drug-likeness (QED) is 0.735. The third kappa shape index (κ3) is 5.31. The van der Waals surface area contributed by atoms with E-state index in [1.165, 1.54) is 0 Å². The zero-order valence-electron chi connectivity index (χ0n) is 12.7. The van der Waals surface area contributed by atoms with Gasteiger partial charge in [0, 0.05) is 37.4 Å². The van der Waals surface area contributed by atoms with Gasteiger partial charge in [-0.15, -0.1) is 11.6 Å². The Morgan fingerprint density at radius 3 is 2.35 bits per heavy atom. The van der Waals surface area contributed by atoms with Crippen LogP contribution in [0, 0.1) is 5.92 Å². The molecule has 0 aromatic heterocycles. The van der Waals surface area contributed by atoms with Crippen molar-refractivity contribution in [2.45, 2.75) is 58.4 Å². The largest absolute Gasteiger partial charge is 0.353 e. The van der Waals surface area contributed by atoms with Crippen LogP contribution in [0.3, 0.4) is 0 Å². The molecule has 1 heterocycles. The molecule has 1 saturated heterocycles. The first-order valence-electron chi connectivity index (χ1n) is 7.76. The van der Waals surface area contributed by atoms with E-state index in [0.717, 1.165) is 45.2 Å². The number of carbonyl (C=O) groups is 2. The van der Waals surface area contributed by atoms with Crippen molar-refractivity contribution in [3.63, 3.8) is 0 Å². The lowest BCUT2D eigenvalue weighted by atomic mass is 9.99. The van der Waals surface area contributed by atoms with Gasteiger partial charge in [-0.05, 0) is 32.1 Å². The van der Waals surface area contributed by atoms with E-state index < -0.39 is 0 Å². The van der Waals surface area contributed by atoms with Crippen LogP contribution in [0.1, 0.15) is 52.4 Å². The van der Waals surface area contributed by atoms with Crippen LogP contribution >= 0.6 is 11.6 Å². The van der Waals surface area contributed by atoms with Crippen molar-refractivity contribution in [3.05, 3.63) is 0 Å². The predicted octanol–water partition coefficient (Wildman–Crippen LogP) is 2.55. The number of hydrogen-bond donors (Lipinski definition) is 1. The Labute approximate surface area is 127 Å². The van der Waals surface area contributed by atoms with Crippen molar-refractivity contribution in [1.29, 1.82) is 0 Å². The smallest absolute Gasteiger partial charge is 0.223 e. The van der Waals surface area contributed by atoms with Crippen LogP contribution in [-0.4, -0.2) is 41.7 Å². The normalized spacial score (nSPS) is 16.5. The maximum Gasteiger partial charge on any atom is 0.223 e. The fraction of sp³-hybridized carbons (Fsp3) is 0.867. The lowest BCUT2D eigenvalue weighted by Gasteiger charge is -2.33. The lowest BCUT2D eigenvalue weighted by molar-refractivity contribution is -0.132. The Morgan fingerprint density at radius 2 is 1.85 bits per heavy atom. The lowest BCUT2D eigenvalue weighted by Crippen LogP contribution is -2.47. The number of alkyl halides is 1. The third-order valence-corrected chi connectivity index (χ3v) is 4.34. The minimum absolute atomic E-state index is 0.124. The molecule has 2 amide bonds. The van der Waals surface area contributed by atoms with E-state index in [1.54, 1.807) is 0 Å². The van der Waals surface area contributed by atoms with Gasteiger partial charge in [0.15, 0.2) is 0 Å². The summed E-state index contributed by atoms with van der Waals surface area (Å²) in [6, 6.07) is 0.222. The van der Waals surface area contributed by atoms with Gasteiger partial charge in [-0.1, -0.05) is 13.8 Å². The van der Waals surface area contributed by atoms with E-state index in [0.29, 0.717) is 12.3 Å². The number of amides is 2. The highest BCUT2D eigenvalue weighted by Crippen LogP contribution is 2.14. The topological polar surface area (TPSA) is 49.4 Å². The second kappa shape index (κ2) is 9.22. The highest BCUT2D eigenvalue weighted by Gasteiger charge is 2.25. The number of halogens is 1. The molecule has 1 rings (SSSR count). The Kier molecular flexibility index (Phi) is 7.97. The molecule has 0 bridgehead atoms. The van der Waals surface area contributed by atoms with Gasteiger partial charge in [-0.25, -0.2) is 0 Å². The van der Waals surface area contributed by atoms with E-state index in [-0.39, 0.29) is 23.8 Å². The zero-order chi connectivity index (χ0) is 15.0. The summed E-state index contributed by atoms with van der Waals surface area (Å²) in [4.78, 5) is 25.8. The van der Waals surface area contributed by atoms with Crippen LogP contribution in [0.15, 0.2) is 0 Å². The van der Waals surface area contributed by atoms with Gasteiger partial charge in [-0.3, -0.25) is 9.59 Å². The van der Waals surface area contributed by atoms with Gasteiger partial charge in [-0.2, -0.15) is 0 Å². The number of nitrogens with one attached hydrogen (secondary N) is 1. The van der Waals surface area contributed by atoms with E-state index in [9.17, 15) is 9.59 Å². The molecule has 1 N–H and O–H groups in total. The van der Waals surface area contributed by atoms with Crippen LogP contribution in [0.25, 0.3) is 0 Å². The molecule has 0 radical (unpaired) electrons. The summed E-state index contributed by atoms with van der Waals surface area (Å²) in [6.07, 6.45) is 4.77. The van der Waals surface area contributed by atoms with Crippen molar-refractivity contribution < 1.29 is 9.59 Å². The summed E-state index contributed by atoms with van der Waals surface area (Å²) >= 11 is 5.60. The van der Waals surface area contributed by atoms with Crippen molar-refractivity contribution >= 4 is 23.4 Å². The molecule has 1 fully saturated rings. The fourth-order valence-electron chi connectivity index (χ4n) is 2.63. The molecule has 0 aliphatic carbocycles. The maximum atomic E-state index is 12.0. The molecule has 0 unspecified atom stereocenters. The third-order valence-electron chi connectivity index (χ3n) is 4.07. The average Bonchev–Trinajstić information content (AvgIpc) is 2.46. The molecule has 1 aliphatic heterocycles. The predicted molar refractivity (Wildman–Crippen MR) is 81.8 cm³/mol. The first-order valence-corrected chi connectivity index (χ1v) is 8.29. The fourth-order valence-corrected chi connectivity index (χ4v) is 2.76. The molecule has 20 heavy (non-hydrogen) atoms. The van der Waals surface area contributed by atoms with Crippen LogP contribution in [-0.2, 0) is 9.59 Å². The molecule has 0 atom stereocenters. The number of rotatable bonds is 7. The minimum atomic E-state index is 0.124. The number of hydrogen-bond acceptors (Lipinski definition) is 2. The summed E-state index contributed by atoms with van der Waals surface area (Å²) < 4.78 is 0. The molecule has 116 valence electrons. The van der Waals surface area contributed by atoms with Crippen LogP contribution in [0.4, 0.5) is 0 Å². The molecular weight excluding hydrogens is 276 g/mol. The van der Waals surface area contributed by atoms with Crippen molar-refractivity contribution in [2.75, 3.05) is 19.0 Å². The Bertz CT molecular complexity index is 311. The van der Waals surface area contributed by atoms with Crippen molar-refractivity contribution in [1.82, 2.24) is 10.2 Å². The van der Waals surface area contributed by atoms with Gasteiger partial charge >= 0.3 is 0 Å². The van der Waals surface area contributed by atoms with E-state index >= 15 is 0 Å². The molecule has 0 saturated carbocycles. The SMILES string of the molecule is CCC(CC)C(=O)NC1CCN(C(=O)CCCCl)CC1. The monoisotopic (exact) mass is 302 g/mol. The first-order chi connectivity index (χ1) is 9.62. The van der Waals surface area contributed by atoms with Crippen molar-refractivity contribution in [3.8, 4) is 0 Å². The van der Waals surface area contributed by atoms with Gasteiger partial charge in [0.25, 0.3) is 0 Å². The zero-order valence-corrected chi connectivity index (χ0v) is 13.4. The van der Waals surface area contributed by atoms with Gasteiger partial charge in [0.05, 0.1) is 0 Å². The second-order valence-corrected chi connectivity index (χ2v) is 5.85. The van der Waals surface area contributed by atoms with E-state index in [4.69, 9.17) is 11.6 Å². The number of piperidine rings is 1. The van der Waals surface area contributed by atoms with Crippen LogP contribution < -0.4 is 5.32 Å². The summed E-state index contributed by atoms with van der Waals surface area (Å²) in [5, 5.41) is 3.13. The number of nitrogens with zero attached hydrogens (tertiary/aromatic N) is 1. The second-order valence-electron chi connectivity index (χ2n) is 5.47. The number of carbonyl (C=O) groups excluding carboxylic acids is 2. The Morgan fingerprint density at radius 1 is 1.25 bits per heavy atom. The van der Waals surface area contributed by atoms with Crippen molar-refractivity contribution in [2.24, 2.45) is 5.92 Å². The highest BCUT2D eigenvalue weighted by atomic mass is 35.5.